The summed E-state index contributed by atoms with van der Waals surface area (Å²) in [4.78, 5) is 29.5. The second kappa shape index (κ2) is 6.64. The summed E-state index contributed by atoms with van der Waals surface area (Å²) < 4.78 is 0. The van der Waals surface area contributed by atoms with E-state index >= 15 is 0 Å². The number of hydrogen-bond donors (Lipinski definition) is 3. The molecule has 0 aliphatic carbocycles. The molecule has 0 saturated heterocycles. The van der Waals surface area contributed by atoms with Gasteiger partial charge in [0, 0.05) is 16.8 Å². The highest BCUT2D eigenvalue weighted by Crippen LogP contribution is 2.20. The molecular weight excluding hydrogens is 312 g/mol. The van der Waals surface area contributed by atoms with E-state index in [1.807, 2.05) is 13.0 Å². The molecule has 4 N–H and O–H groups in total. The van der Waals surface area contributed by atoms with Crippen LogP contribution in [-0.2, 0) is 4.79 Å². The summed E-state index contributed by atoms with van der Waals surface area (Å²) in [7, 11) is 0. The number of H-pyrrole nitrogens is 1. The van der Waals surface area contributed by atoms with Gasteiger partial charge in [-0.05, 0) is 24.6 Å². The number of carbonyl (C=O) groups excluding carboxylic acids is 1. The van der Waals surface area contributed by atoms with Crippen molar-refractivity contribution in [3.63, 3.8) is 0 Å². The predicted octanol–water partition coefficient (Wildman–Crippen LogP) is 2.04. The molecular formula is C13H13ClN4O2S. The van der Waals surface area contributed by atoms with E-state index in [2.05, 4.69) is 15.3 Å². The summed E-state index contributed by atoms with van der Waals surface area (Å²) in [6, 6.07) is 6.45. The number of benzene rings is 1. The van der Waals surface area contributed by atoms with Crippen LogP contribution in [0.25, 0.3) is 0 Å². The average molecular weight is 325 g/mol. The Morgan fingerprint density at radius 3 is 2.90 bits per heavy atom. The third-order valence-corrected chi connectivity index (χ3v) is 3.82. The highest BCUT2D eigenvalue weighted by molar-refractivity contribution is 7.99. The number of nitrogens with zero attached hydrogens (tertiary/aromatic N) is 1. The summed E-state index contributed by atoms with van der Waals surface area (Å²) in [5.74, 6) is -0.0188. The third kappa shape index (κ3) is 4.51. The highest BCUT2D eigenvalue weighted by atomic mass is 35.5. The van der Waals surface area contributed by atoms with E-state index in [0.717, 1.165) is 17.3 Å². The molecule has 0 spiro atoms. The smallest absolute Gasteiger partial charge is 0.253 e. The quantitative estimate of drug-likeness (QED) is 0.590. The number of aromatic amines is 1. The number of hydrogen-bond acceptors (Lipinski definition) is 5. The molecule has 8 heteroatoms. The molecule has 0 saturated carbocycles. The van der Waals surface area contributed by atoms with Crippen LogP contribution in [0.15, 0.2) is 34.2 Å². The summed E-state index contributed by atoms with van der Waals surface area (Å²) >= 11 is 7.08. The summed E-state index contributed by atoms with van der Waals surface area (Å²) in [6.07, 6.45) is 0. The number of nitrogens with two attached hydrogens (primary N) is 1. The van der Waals surface area contributed by atoms with Gasteiger partial charge in [-0.15, -0.1) is 0 Å². The van der Waals surface area contributed by atoms with Gasteiger partial charge in [-0.1, -0.05) is 29.4 Å². The van der Waals surface area contributed by atoms with Crippen LogP contribution in [0.1, 0.15) is 5.56 Å². The van der Waals surface area contributed by atoms with E-state index in [0.29, 0.717) is 15.9 Å². The van der Waals surface area contributed by atoms with Crippen LogP contribution < -0.4 is 16.6 Å². The number of carbonyl (C=O) groups is 1. The van der Waals surface area contributed by atoms with E-state index in [-0.39, 0.29) is 23.0 Å². The molecule has 2 aromatic rings. The van der Waals surface area contributed by atoms with Crippen molar-refractivity contribution in [1.82, 2.24) is 9.97 Å². The Morgan fingerprint density at radius 2 is 2.24 bits per heavy atom. The summed E-state index contributed by atoms with van der Waals surface area (Å²) in [5, 5.41) is 3.60. The van der Waals surface area contributed by atoms with E-state index in [1.165, 1.54) is 6.07 Å². The van der Waals surface area contributed by atoms with Gasteiger partial charge >= 0.3 is 0 Å². The van der Waals surface area contributed by atoms with Crippen LogP contribution in [0.4, 0.5) is 11.5 Å². The molecule has 110 valence electrons. The molecule has 1 aromatic heterocycles. The van der Waals surface area contributed by atoms with Gasteiger partial charge in [-0.2, -0.15) is 0 Å². The maximum absolute atomic E-state index is 11.8. The molecule has 1 aromatic carbocycles. The van der Waals surface area contributed by atoms with Crippen molar-refractivity contribution in [2.75, 3.05) is 16.8 Å². The Morgan fingerprint density at radius 1 is 1.48 bits per heavy atom. The topological polar surface area (TPSA) is 101 Å². The number of aromatic nitrogens is 2. The molecule has 0 atom stereocenters. The Kier molecular flexibility index (Phi) is 4.87. The highest BCUT2D eigenvalue weighted by Gasteiger charge is 2.07. The third-order valence-electron chi connectivity index (χ3n) is 2.54. The van der Waals surface area contributed by atoms with Crippen LogP contribution in [0.5, 0.6) is 0 Å². The van der Waals surface area contributed by atoms with Gasteiger partial charge in [0.25, 0.3) is 5.56 Å². The fourth-order valence-electron chi connectivity index (χ4n) is 1.52. The van der Waals surface area contributed by atoms with Gasteiger partial charge in [0.05, 0.1) is 5.75 Å². The van der Waals surface area contributed by atoms with E-state index in [1.54, 1.807) is 12.1 Å². The van der Waals surface area contributed by atoms with Crippen molar-refractivity contribution in [3.05, 3.63) is 45.2 Å². The van der Waals surface area contributed by atoms with Gasteiger partial charge in [-0.3, -0.25) is 9.59 Å². The zero-order valence-corrected chi connectivity index (χ0v) is 12.7. The first-order chi connectivity index (χ1) is 9.94. The first kappa shape index (κ1) is 15.4. The molecule has 0 radical (unpaired) electrons. The van der Waals surface area contributed by atoms with Crippen LogP contribution in [-0.4, -0.2) is 21.6 Å². The van der Waals surface area contributed by atoms with Crippen molar-refractivity contribution in [1.29, 1.82) is 0 Å². The SMILES string of the molecule is Cc1ccc(NC(=O)CSc2nc(N)cc(=O)[nH]2)cc1Cl. The lowest BCUT2D eigenvalue weighted by Crippen LogP contribution is -2.15. The fraction of sp³-hybridized carbons (Fsp3) is 0.154. The maximum Gasteiger partial charge on any atom is 0.253 e. The minimum absolute atomic E-state index is 0.0951. The number of rotatable bonds is 4. The molecule has 0 aliphatic rings. The van der Waals surface area contributed by atoms with Gasteiger partial charge in [-0.25, -0.2) is 4.98 Å². The Hall–Kier alpha value is -1.99. The number of anilines is 2. The summed E-state index contributed by atoms with van der Waals surface area (Å²) in [6.45, 7) is 1.88. The fourth-order valence-corrected chi connectivity index (χ4v) is 2.39. The van der Waals surface area contributed by atoms with Crippen LogP contribution in [0.3, 0.4) is 0 Å². The van der Waals surface area contributed by atoms with Crippen LogP contribution in [0, 0.1) is 6.92 Å². The van der Waals surface area contributed by atoms with Gasteiger partial charge in [0.2, 0.25) is 5.91 Å². The van der Waals surface area contributed by atoms with E-state index < -0.39 is 0 Å². The number of aryl methyl sites for hydroxylation is 1. The molecule has 2 rings (SSSR count). The van der Waals surface area contributed by atoms with Crippen molar-refractivity contribution in [2.24, 2.45) is 0 Å². The molecule has 6 nitrogen and oxygen atoms in total. The molecule has 0 unspecified atom stereocenters. The monoisotopic (exact) mass is 324 g/mol. The second-order valence-corrected chi connectivity index (χ2v) is 5.65. The van der Waals surface area contributed by atoms with Gasteiger partial charge in [0.1, 0.15) is 5.82 Å². The Labute approximate surface area is 130 Å². The lowest BCUT2D eigenvalue weighted by atomic mass is 10.2. The van der Waals surface area contributed by atoms with E-state index in [9.17, 15) is 9.59 Å². The predicted molar refractivity (Wildman–Crippen MR) is 84.8 cm³/mol. The molecule has 1 amide bonds. The average Bonchev–Trinajstić information content (AvgIpc) is 2.40. The molecule has 0 aliphatic heterocycles. The molecule has 0 fully saturated rings. The normalized spacial score (nSPS) is 10.4. The van der Waals surface area contributed by atoms with Gasteiger partial charge in [0.15, 0.2) is 5.16 Å². The number of amides is 1. The lowest BCUT2D eigenvalue weighted by Gasteiger charge is -2.06. The molecule has 21 heavy (non-hydrogen) atoms. The first-order valence-corrected chi connectivity index (χ1v) is 7.36. The maximum atomic E-state index is 11.8. The van der Waals surface area contributed by atoms with Crippen molar-refractivity contribution < 1.29 is 4.79 Å². The zero-order valence-electron chi connectivity index (χ0n) is 11.1. The zero-order chi connectivity index (χ0) is 15.4. The van der Waals surface area contributed by atoms with E-state index in [4.69, 9.17) is 17.3 Å². The molecule has 1 heterocycles. The number of nitrogens with one attached hydrogen (secondary N) is 2. The minimum Gasteiger partial charge on any atom is -0.383 e. The first-order valence-electron chi connectivity index (χ1n) is 5.99. The lowest BCUT2D eigenvalue weighted by molar-refractivity contribution is -0.113. The van der Waals surface area contributed by atoms with Gasteiger partial charge < -0.3 is 16.0 Å². The Balaban J connectivity index is 1.95. The summed E-state index contributed by atoms with van der Waals surface area (Å²) in [5.41, 5.74) is 6.66. The Bertz CT molecular complexity index is 732. The standard InChI is InChI=1S/C13H13ClN4O2S/c1-7-2-3-8(4-9(7)14)16-12(20)6-21-13-17-10(15)5-11(19)18-13/h2-5H,6H2,1H3,(H,16,20)(H3,15,17,18,19). The number of halogens is 1. The number of thioether (sulfide) groups is 1. The van der Waals surface area contributed by atoms with Crippen molar-refractivity contribution >= 4 is 40.8 Å². The van der Waals surface area contributed by atoms with Crippen molar-refractivity contribution in [3.8, 4) is 0 Å². The minimum atomic E-state index is -0.351. The number of nitrogen functional groups attached to an aromatic ring is 1. The largest absolute Gasteiger partial charge is 0.383 e. The van der Waals surface area contributed by atoms with Crippen molar-refractivity contribution in [2.45, 2.75) is 12.1 Å². The van der Waals surface area contributed by atoms with Crippen LogP contribution >= 0.6 is 23.4 Å². The van der Waals surface area contributed by atoms with Crippen LogP contribution in [0.2, 0.25) is 5.02 Å². The second-order valence-electron chi connectivity index (χ2n) is 4.28. The molecule has 0 bridgehead atoms.